The molecule has 0 radical (unpaired) electrons. The summed E-state index contributed by atoms with van der Waals surface area (Å²) in [7, 11) is 0. The number of rotatable bonds is 2. The Hall–Kier alpha value is -0.820. The number of hydrogen-bond donors (Lipinski definition) is 1. The molecular formula is C17H23N. The summed E-state index contributed by atoms with van der Waals surface area (Å²) in [4.78, 5) is 0. The fourth-order valence-corrected chi connectivity index (χ4v) is 4.71. The molecule has 1 N–H and O–H groups in total. The molecule has 2 fully saturated rings. The highest BCUT2D eigenvalue weighted by Gasteiger charge is 2.39. The molecule has 96 valence electrons. The van der Waals surface area contributed by atoms with E-state index in [1.807, 2.05) is 0 Å². The van der Waals surface area contributed by atoms with E-state index in [0.717, 1.165) is 24.3 Å². The third kappa shape index (κ3) is 1.80. The first kappa shape index (κ1) is 11.0. The van der Waals surface area contributed by atoms with E-state index in [1.54, 1.807) is 23.1 Å². The lowest BCUT2D eigenvalue weighted by molar-refractivity contribution is 0.330. The van der Waals surface area contributed by atoms with E-state index in [1.165, 1.54) is 38.6 Å². The monoisotopic (exact) mass is 241 g/mol. The van der Waals surface area contributed by atoms with Gasteiger partial charge in [0.05, 0.1) is 0 Å². The molecule has 1 nitrogen and oxygen atoms in total. The molecule has 1 heteroatoms. The molecule has 3 unspecified atom stereocenters. The average molecular weight is 241 g/mol. The van der Waals surface area contributed by atoms with Gasteiger partial charge in [0, 0.05) is 6.54 Å². The SMILES string of the molecule is c1cc2c(c(CC3CC4CCC3C4)c1)CCNC2. The predicted molar refractivity (Wildman–Crippen MR) is 74.5 cm³/mol. The molecule has 0 amide bonds. The third-order valence-corrected chi connectivity index (χ3v) is 5.60. The predicted octanol–water partition coefficient (Wildman–Crippen LogP) is 3.31. The maximum absolute atomic E-state index is 3.49. The van der Waals surface area contributed by atoms with Crippen molar-refractivity contribution in [1.82, 2.24) is 5.32 Å². The minimum absolute atomic E-state index is 1.00. The van der Waals surface area contributed by atoms with Gasteiger partial charge in [-0.05, 0) is 73.1 Å². The van der Waals surface area contributed by atoms with Crippen molar-refractivity contribution in [3.05, 3.63) is 34.9 Å². The van der Waals surface area contributed by atoms with Crippen molar-refractivity contribution in [1.29, 1.82) is 0 Å². The highest BCUT2D eigenvalue weighted by molar-refractivity contribution is 5.37. The fraction of sp³-hybridized carbons (Fsp3) is 0.647. The zero-order valence-electron chi connectivity index (χ0n) is 11.1. The fourth-order valence-electron chi connectivity index (χ4n) is 4.71. The zero-order chi connectivity index (χ0) is 11.9. The van der Waals surface area contributed by atoms with Crippen molar-refractivity contribution in [3.63, 3.8) is 0 Å². The standard InChI is InChI=1S/C17H23N/c1-2-14(17-6-7-18-11-15(17)3-1)10-16-9-12-4-5-13(16)8-12/h1-3,12-13,16,18H,4-11H2. The van der Waals surface area contributed by atoms with Crippen LogP contribution in [0, 0.1) is 17.8 Å². The first-order chi connectivity index (χ1) is 8.90. The molecule has 1 aromatic rings. The molecule has 2 saturated carbocycles. The lowest BCUT2D eigenvalue weighted by Gasteiger charge is -2.25. The highest BCUT2D eigenvalue weighted by atomic mass is 14.9. The van der Waals surface area contributed by atoms with E-state index in [0.29, 0.717) is 0 Å². The summed E-state index contributed by atoms with van der Waals surface area (Å²) in [6.07, 6.45) is 8.72. The van der Waals surface area contributed by atoms with Crippen LogP contribution in [-0.2, 0) is 19.4 Å². The van der Waals surface area contributed by atoms with Crippen molar-refractivity contribution >= 4 is 0 Å². The van der Waals surface area contributed by atoms with E-state index in [-0.39, 0.29) is 0 Å². The Kier molecular flexibility index (Phi) is 2.69. The van der Waals surface area contributed by atoms with E-state index >= 15 is 0 Å². The summed E-state index contributed by atoms with van der Waals surface area (Å²) < 4.78 is 0. The minimum Gasteiger partial charge on any atom is -0.312 e. The topological polar surface area (TPSA) is 12.0 Å². The van der Waals surface area contributed by atoms with Gasteiger partial charge in [-0.3, -0.25) is 0 Å². The largest absolute Gasteiger partial charge is 0.312 e. The van der Waals surface area contributed by atoms with Crippen LogP contribution in [0.5, 0.6) is 0 Å². The van der Waals surface area contributed by atoms with Crippen LogP contribution < -0.4 is 5.32 Å². The summed E-state index contributed by atoms with van der Waals surface area (Å²) >= 11 is 0. The Balaban J connectivity index is 1.58. The molecule has 2 aliphatic carbocycles. The van der Waals surface area contributed by atoms with Crippen molar-refractivity contribution in [2.75, 3.05) is 6.54 Å². The Labute approximate surface area is 110 Å². The quantitative estimate of drug-likeness (QED) is 0.837. The Morgan fingerprint density at radius 1 is 1.17 bits per heavy atom. The maximum Gasteiger partial charge on any atom is 0.0208 e. The second-order valence-electron chi connectivity index (χ2n) is 6.62. The lowest BCUT2D eigenvalue weighted by Crippen LogP contribution is -2.25. The molecule has 1 aliphatic heterocycles. The molecular weight excluding hydrogens is 218 g/mol. The van der Waals surface area contributed by atoms with Gasteiger partial charge < -0.3 is 5.32 Å². The van der Waals surface area contributed by atoms with Gasteiger partial charge in [0.1, 0.15) is 0 Å². The first-order valence-corrected chi connectivity index (χ1v) is 7.70. The molecule has 1 heterocycles. The molecule has 0 saturated heterocycles. The summed E-state index contributed by atoms with van der Waals surface area (Å²) in [5.74, 6) is 3.15. The van der Waals surface area contributed by atoms with Crippen LogP contribution in [0.2, 0.25) is 0 Å². The smallest absolute Gasteiger partial charge is 0.0208 e. The highest BCUT2D eigenvalue weighted by Crippen LogP contribution is 2.49. The van der Waals surface area contributed by atoms with Crippen LogP contribution in [0.1, 0.15) is 42.4 Å². The minimum atomic E-state index is 1.00. The zero-order valence-corrected chi connectivity index (χ0v) is 11.1. The van der Waals surface area contributed by atoms with Crippen molar-refractivity contribution in [2.24, 2.45) is 17.8 Å². The van der Waals surface area contributed by atoms with Gasteiger partial charge in [-0.1, -0.05) is 24.6 Å². The van der Waals surface area contributed by atoms with Gasteiger partial charge in [0.25, 0.3) is 0 Å². The Morgan fingerprint density at radius 2 is 2.17 bits per heavy atom. The van der Waals surface area contributed by atoms with Crippen LogP contribution in [0.15, 0.2) is 18.2 Å². The van der Waals surface area contributed by atoms with E-state index < -0.39 is 0 Å². The Morgan fingerprint density at radius 3 is 3.00 bits per heavy atom. The van der Waals surface area contributed by atoms with Gasteiger partial charge in [-0.15, -0.1) is 0 Å². The van der Waals surface area contributed by atoms with Crippen LogP contribution in [-0.4, -0.2) is 6.54 Å². The van der Waals surface area contributed by atoms with Crippen LogP contribution in [0.3, 0.4) is 0 Å². The van der Waals surface area contributed by atoms with Crippen LogP contribution >= 0.6 is 0 Å². The molecule has 0 spiro atoms. The van der Waals surface area contributed by atoms with E-state index in [4.69, 9.17) is 0 Å². The summed E-state index contributed by atoms with van der Waals surface area (Å²) in [6, 6.07) is 6.98. The molecule has 3 atom stereocenters. The van der Waals surface area contributed by atoms with Gasteiger partial charge >= 0.3 is 0 Å². The van der Waals surface area contributed by atoms with E-state index in [9.17, 15) is 0 Å². The summed E-state index contributed by atoms with van der Waals surface area (Å²) in [5.41, 5.74) is 4.91. The van der Waals surface area contributed by atoms with Gasteiger partial charge in [-0.2, -0.15) is 0 Å². The Bertz CT molecular complexity index is 451. The molecule has 3 aliphatic rings. The number of fused-ring (bicyclic) bond motifs is 3. The molecule has 2 bridgehead atoms. The van der Waals surface area contributed by atoms with Gasteiger partial charge in [-0.25, -0.2) is 0 Å². The third-order valence-electron chi connectivity index (χ3n) is 5.60. The van der Waals surface area contributed by atoms with Crippen LogP contribution in [0.25, 0.3) is 0 Å². The lowest BCUT2D eigenvalue weighted by atomic mass is 9.82. The summed E-state index contributed by atoms with van der Waals surface area (Å²) in [5, 5.41) is 3.49. The van der Waals surface area contributed by atoms with Gasteiger partial charge in [0.15, 0.2) is 0 Å². The maximum atomic E-state index is 3.49. The number of nitrogens with one attached hydrogen (secondary N) is 1. The normalized spacial score (nSPS) is 33.7. The average Bonchev–Trinajstić information content (AvgIpc) is 3.01. The van der Waals surface area contributed by atoms with Crippen LogP contribution in [0.4, 0.5) is 0 Å². The van der Waals surface area contributed by atoms with Crippen molar-refractivity contribution in [3.8, 4) is 0 Å². The number of hydrogen-bond acceptors (Lipinski definition) is 1. The summed E-state index contributed by atoms with van der Waals surface area (Å²) in [6.45, 7) is 2.25. The molecule has 0 aromatic heterocycles. The molecule has 4 rings (SSSR count). The number of benzene rings is 1. The second-order valence-corrected chi connectivity index (χ2v) is 6.62. The van der Waals surface area contributed by atoms with Crippen molar-refractivity contribution in [2.45, 2.75) is 45.1 Å². The van der Waals surface area contributed by atoms with E-state index in [2.05, 4.69) is 23.5 Å². The van der Waals surface area contributed by atoms with Crippen molar-refractivity contribution < 1.29 is 0 Å². The molecule has 18 heavy (non-hydrogen) atoms. The first-order valence-electron chi connectivity index (χ1n) is 7.70. The second kappa shape index (κ2) is 4.38. The van der Waals surface area contributed by atoms with Gasteiger partial charge in [0.2, 0.25) is 0 Å². The molecule has 1 aromatic carbocycles.